The van der Waals surface area contributed by atoms with E-state index in [2.05, 4.69) is 32.1 Å². The molecule has 5 heteroatoms. The van der Waals surface area contributed by atoms with Gasteiger partial charge in [0.15, 0.2) is 0 Å². The van der Waals surface area contributed by atoms with Crippen LogP contribution < -0.4 is 0 Å². The third-order valence-electron chi connectivity index (χ3n) is 5.15. The van der Waals surface area contributed by atoms with Crippen molar-refractivity contribution < 1.29 is 9.90 Å². The maximum Gasteiger partial charge on any atom is 0.257 e. The normalized spacial score (nSPS) is 15.8. The van der Waals surface area contributed by atoms with Crippen LogP contribution in [0.3, 0.4) is 0 Å². The molecule has 0 atom stereocenters. The highest BCUT2D eigenvalue weighted by Crippen LogP contribution is 2.30. The molecule has 1 amide bonds. The predicted molar refractivity (Wildman–Crippen MR) is 98.0 cm³/mol. The van der Waals surface area contributed by atoms with E-state index < -0.39 is 0 Å². The van der Waals surface area contributed by atoms with Gasteiger partial charge in [-0.05, 0) is 54.9 Å². The van der Waals surface area contributed by atoms with E-state index in [-0.39, 0.29) is 11.7 Å². The highest BCUT2D eigenvalue weighted by Gasteiger charge is 2.26. The van der Waals surface area contributed by atoms with Crippen LogP contribution >= 0.6 is 0 Å². The molecule has 2 aromatic rings. The number of aryl methyl sites for hydroxylation is 1. The fourth-order valence-electron chi connectivity index (χ4n) is 3.44. The van der Waals surface area contributed by atoms with Gasteiger partial charge in [0.05, 0.1) is 11.8 Å². The van der Waals surface area contributed by atoms with Gasteiger partial charge in [0.2, 0.25) is 0 Å². The number of aromatic hydroxyl groups is 1. The molecule has 1 N–H and O–H groups in total. The number of hydrogen-bond acceptors (Lipinski definition) is 3. The van der Waals surface area contributed by atoms with E-state index in [1.54, 1.807) is 12.1 Å². The Labute approximate surface area is 149 Å². The molecular formula is C20H27N3O2. The number of hydrogen-bond donors (Lipinski definition) is 1. The van der Waals surface area contributed by atoms with Crippen molar-refractivity contribution in [3.8, 4) is 5.75 Å². The zero-order valence-electron chi connectivity index (χ0n) is 15.3. The van der Waals surface area contributed by atoms with E-state index in [0.29, 0.717) is 30.5 Å². The number of piperidine rings is 1. The highest BCUT2D eigenvalue weighted by atomic mass is 16.3. The van der Waals surface area contributed by atoms with Crippen molar-refractivity contribution >= 4 is 5.91 Å². The average molecular weight is 341 g/mol. The molecule has 0 spiro atoms. The summed E-state index contributed by atoms with van der Waals surface area (Å²) < 4.78 is 1.95. The zero-order valence-corrected chi connectivity index (χ0v) is 15.3. The third-order valence-corrected chi connectivity index (χ3v) is 5.15. The summed E-state index contributed by atoms with van der Waals surface area (Å²) in [5.74, 6) is 0.800. The molecule has 5 nitrogen and oxygen atoms in total. The van der Waals surface area contributed by atoms with Gasteiger partial charge >= 0.3 is 0 Å². The lowest BCUT2D eigenvalue weighted by atomic mass is 9.91. The van der Waals surface area contributed by atoms with Crippen molar-refractivity contribution in [3.05, 3.63) is 47.3 Å². The monoisotopic (exact) mass is 341 g/mol. The largest absolute Gasteiger partial charge is 0.507 e. The van der Waals surface area contributed by atoms with Crippen molar-refractivity contribution in [1.82, 2.24) is 14.7 Å². The van der Waals surface area contributed by atoms with Gasteiger partial charge in [0.25, 0.3) is 5.91 Å². The molecule has 0 aliphatic carbocycles. The van der Waals surface area contributed by atoms with E-state index in [1.807, 2.05) is 21.8 Å². The minimum absolute atomic E-state index is 0.0736. The number of likely N-dealkylation sites (tertiary alicyclic amines) is 1. The van der Waals surface area contributed by atoms with Crippen LogP contribution in [-0.4, -0.2) is 38.8 Å². The number of carbonyl (C=O) groups excluding carboxylic acids is 1. The SMILES string of the molecule is CCn1cc(C2CCN(C(=O)c3ccc(C(C)C)cc3O)CC2)cn1. The summed E-state index contributed by atoms with van der Waals surface area (Å²) in [5.41, 5.74) is 2.71. The van der Waals surface area contributed by atoms with Gasteiger partial charge in [-0.25, -0.2) is 0 Å². The topological polar surface area (TPSA) is 58.4 Å². The van der Waals surface area contributed by atoms with Gasteiger partial charge in [-0.15, -0.1) is 0 Å². The van der Waals surface area contributed by atoms with Crippen molar-refractivity contribution in [1.29, 1.82) is 0 Å². The summed E-state index contributed by atoms with van der Waals surface area (Å²) >= 11 is 0. The summed E-state index contributed by atoms with van der Waals surface area (Å²) in [6.07, 6.45) is 5.93. The molecule has 0 unspecified atom stereocenters. The standard InChI is InChI=1S/C20H27N3O2/c1-4-23-13-17(12-21-23)15-7-9-22(10-8-15)20(25)18-6-5-16(14(2)3)11-19(18)24/h5-6,11-15,24H,4,7-10H2,1-3H3. The Morgan fingerprint density at radius 3 is 2.60 bits per heavy atom. The summed E-state index contributed by atoms with van der Waals surface area (Å²) in [4.78, 5) is 14.6. The van der Waals surface area contributed by atoms with Crippen molar-refractivity contribution in [3.63, 3.8) is 0 Å². The molecule has 2 heterocycles. The summed E-state index contributed by atoms with van der Waals surface area (Å²) in [7, 11) is 0. The lowest BCUT2D eigenvalue weighted by Gasteiger charge is -2.32. The Hall–Kier alpha value is -2.30. The van der Waals surface area contributed by atoms with E-state index >= 15 is 0 Å². The van der Waals surface area contributed by atoms with Gasteiger partial charge in [-0.1, -0.05) is 19.9 Å². The van der Waals surface area contributed by atoms with Crippen LogP contribution in [0.25, 0.3) is 0 Å². The van der Waals surface area contributed by atoms with Gasteiger partial charge in [-0.2, -0.15) is 5.10 Å². The molecular weight excluding hydrogens is 314 g/mol. The van der Waals surface area contributed by atoms with Gasteiger partial charge < -0.3 is 10.0 Å². The van der Waals surface area contributed by atoms with Crippen LogP contribution in [0.2, 0.25) is 0 Å². The van der Waals surface area contributed by atoms with E-state index in [4.69, 9.17) is 0 Å². The first-order valence-corrected chi connectivity index (χ1v) is 9.14. The number of aromatic nitrogens is 2. The van der Waals surface area contributed by atoms with Gasteiger partial charge in [-0.3, -0.25) is 9.48 Å². The summed E-state index contributed by atoms with van der Waals surface area (Å²) in [5, 5.41) is 14.6. The van der Waals surface area contributed by atoms with Crippen LogP contribution in [0.4, 0.5) is 0 Å². The second-order valence-electron chi connectivity index (χ2n) is 7.13. The van der Waals surface area contributed by atoms with E-state index in [1.165, 1.54) is 5.56 Å². The molecule has 1 aliphatic rings. The molecule has 1 fully saturated rings. The third kappa shape index (κ3) is 3.70. The van der Waals surface area contributed by atoms with Crippen molar-refractivity contribution in [2.24, 2.45) is 0 Å². The lowest BCUT2D eigenvalue weighted by molar-refractivity contribution is 0.0710. The quantitative estimate of drug-likeness (QED) is 0.921. The van der Waals surface area contributed by atoms with E-state index in [9.17, 15) is 9.90 Å². The molecule has 1 aromatic carbocycles. The molecule has 1 saturated heterocycles. The van der Waals surface area contributed by atoms with Crippen LogP contribution in [0.15, 0.2) is 30.6 Å². The highest BCUT2D eigenvalue weighted by molar-refractivity contribution is 5.97. The van der Waals surface area contributed by atoms with Crippen LogP contribution in [-0.2, 0) is 6.54 Å². The molecule has 134 valence electrons. The number of benzene rings is 1. The lowest BCUT2D eigenvalue weighted by Crippen LogP contribution is -2.37. The molecule has 0 bridgehead atoms. The van der Waals surface area contributed by atoms with Crippen LogP contribution in [0, 0.1) is 0 Å². The Morgan fingerprint density at radius 2 is 2.04 bits per heavy atom. The number of phenols is 1. The molecule has 0 saturated carbocycles. The number of nitrogens with zero attached hydrogens (tertiary/aromatic N) is 3. The number of amides is 1. The van der Waals surface area contributed by atoms with E-state index in [0.717, 1.165) is 24.9 Å². The number of carbonyl (C=O) groups is 1. The second-order valence-corrected chi connectivity index (χ2v) is 7.13. The molecule has 0 radical (unpaired) electrons. The molecule has 3 rings (SSSR count). The fraction of sp³-hybridized carbons (Fsp3) is 0.500. The number of rotatable bonds is 4. The second kappa shape index (κ2) is 7.30. The first-order chi connectivity index (χ1) is 12.0. The van der Waals surface area contributed by atoms with Crippen molar-refractivity contribution in [2.45, 2.75) is 52.0 Å². The molecule has 25 heavy (non-hydrogen) atoms. The van der Waals surface area contributed by atoms with Crippen LogP contribution in [0.1, 0.15) is 66.9 Å². The summed E-state index contributed by atoms with van der Waals surface area (Å²) in [6, 6.07) is 5.40. The maximum absolute atomic E-state index is 12.7. The Morgan fingerprint density at radius 1 is 1.32 bits per heavy atom. The summed E-state index contributed by atoms with van der Waals surface area (Å²) in [6.45, 7) is 8.53. The Kier molecular flexibility index (Phi) is 5.11. The minimum Gasteiger partial charge on any atom is -0.507 e. The molecule has 1 aliphatic heterocycles. The minimum atomic E-state index is -0.0736. The zero-order chi connectivity index (χ0) is 18.0. The van der Waals surface area contributed by atoms with Crippen LogP contribution in [0.5, 0.6) is 5.75 Å². The first-order valence-electron chi connectivity index (χ1n) is 9.14. The molecule has 1 aromatic heterocycles. The average Bonchev–Trinajstić information content (AvgIpc) is 3.10. The Bertz CT molecular complexity index is 743. The first kappa shape index (κ1) is 17.5. The fourth-order valence-corrected chi connectivity index (χ4v) is 3.44. The maximum atomic E-state index is 12.7. The van der Waals surface area contributed by atoms with Gasteiger partial charge in [0.1, 0.15) is 5.75 Å². The predicted octanol–water partition coefficient (Wildman–Crippen LogP) is 3.75. The Balaban J connectivity index is 1.65. The number of phenolic OH excluding ortho intramolecular Hbond substituents is 1. The smallest absolute Gasteiger partial charge is 0.257 e. The van der Waals surface area contributed by atoms with Gasteiger partial charge in [0, 0.05) is 25.8 Å². The van der Waals surface area contributed by atoms with Crippen molar-refractivity contribution in [2.75, 3.05) is 13.1 Å².